The Morgan fingerprint density at radius 2 is 2.15 bits per heavy atom. The SMILES string of the molecule is NCC1CC(C2CCOCC2)=NO1. The number of nitrogens with zero attached hydrogens (tertiary/aromatic N) is 1. The Morgan fingerprint density at radius 3 is 2.77 bits per heavy atom. The van der Waals surface area contributed by atoms with E-state index in [1.54, 1.807) is 0 Å². The second-order valence-corrected chi connectivity index (χ2v) is 3.64. The number of nitrogens with two attached hydrogens (primary N) is 1. The van der Waals surface area contributed by atoms with E-state index in [0.717, 1.165) is 32.5 Å². The molecule has 0 aromatic heterocycles. The molecule has 0 spiro atoms. The van der Waals surface area contributed by atoms with Gasteiger partial charge in [-0.15, -0.1) is 0 Å². The lowest BCUT2D eigenvalue weighted by Crippen LogP contribution is -2.25. The van der Waals surface area contributed by atoms with Crippen LogP contribution in [0, 0.1) is 5.92 Å². The van der Waals surface area contributed by atoms with Crippen molar-refractivity contribution in [2.45, 2.75) is 25.4 Å². The van der Waals surface area contributed by atoms with E-state index in [4.69, 9.17) is 15.3 Å². The molecule has 0 aliphatic carbocycles. The summed E-state index contributed by atoms with van der Waals surface area (Å²) in [6, 6.07) is 0. The first kappa shape index (κ1) is 8.97. The average molecular weight is 184 g/mol. The predicted molar refractivity (Wildman–Crippen MR) is 49.5 cm³/mol. The Hall–Kier alpha value is -0.610. The lowest BCUT2D eigenvalue weighted by molar-refractivity contribution is 0.0816. The average Bonchev–Trinajstić information content (AvgIpc) is 2.67. The first-order valence-corrected chi connectivity index (χ1v) is 4.90. The zero-order valence-electron chi connectivity index (χ0n) is 7.74. The van der Waals surface area contributed by atoms with Crippen molar-refractivity contribution in [2.24, 2.45) is 16.8 Å². The van der Waals surface area contributed by atoms with Gasteiger partial charge < -0.3 is 15.3 Å². The summed E-state index contributed by atoms with van der Waals surface area (Å²) in [4.78, 5) is 5.19. The Bertz CT molecular complexity index is 200. The minimum Gasteiger partial charge on any atom is -0.391 e. The molecule has 0 aromatic carbocycles. The van der Waals surface area contributed by atoms with Gasteiger partial charge in [-0.2, -0.15) is 0 Å². The first-order chi connectivity index (χ1) is 6.40. The Labute approximate surface area is 78.1 Å². The van der Waals surface area contributed by atoms with Crippen molar-refractivity contribution >= 4 is 5.71 Å². The molecule has 2 aliphatic heterocycles. The van der Waals surface area contributed by atoms with Crippen LogP contribution in [0.25, 0.3) is 0 Å². The standard InChI is InChI=1S/C9H16N2O2/c10-6-8-5-9(11-13-8)7-1-3-12-4-2-7/h7-8H,1-6,10H2. The van der Waals surface area contributed by atoms with E-state index in [1.807, 2.05) is 0 Å². The first-order valence-electron chi connectivity index (χ1n) is 4.90. The van der Waals surface area contributed by atoms with Gasteiger partial charge in [-0.25, -0.2) is 0 Å². The Kier molecular flexibility index (Phi) is 2.80. The summed E-state index contributed by atoms with van der Waals surface area (Å²) in [7, 11) is 0. The summed E-state index contributed by atoms with van der Waals surface area (Å²) in [5.41, 5.74) is 6.70. The third-order valence-corrected chi connectivity index (χ3v) is 2.71. The van der Waals surface area contributed by atoms with E-state index in [1.165, 1.54) is 5.71 Å². The third-order valence-electron chi connectivity index (χ3n) is 2.71. The van der Waals surface area contributed by atoms with Crippen molar-refractivity contribution in [1.82, 2.24) is 0 Å². The van der Waals surface area contributed by atoms with Crippen molar-refractivity contribution in [3.63, 3.8) is 0 Å². The lowest BCUT2D eigenvalue weighted by atomic mass is 9.92. The quantitative estimate of drug-likeness (QED) is 0.680. The van der Waals surface area contributed by atoms with Crippen molar-refractivity contribution in [3.8, 4) is 0 Å². The van der Waals surface area contributed by atoms with Crippen LogP contribution in [-0.4, -0.2) is 31.6 Å². The summed E-state index contributed by atoms with van der Waals surface area (Å²) < 4.78 is 5.29. The maximum absolute atomic E-state index is 5.50. The van der Waals surface area contributed by atoms with Gasteiger partial charge in [0.25, 0.3) is 0 Å². The van der Waals surface area contributed by atoms with Crippen molar-refractivity contribution in [2.75, 3.05) is 19.8 Å². The second kappa shape index (κ2) is 4.07. The van der Waals surface area contributed by atoms with E-state index in [2.05, 4.69) is 5.16 Å². The largest absolute Gasteiger partial charge is 0.391 e. The minimum atomic E-state index is 0.123. The third kappa shape index (κ3) is 2.00. The summed E-state index contributed by atoms with van der Waals surface area (Å²) >= 11 is 0. The topological polar surface area (TPSA) is 56.8 Å². The smallest absolute Gasteiger partial charge is 0.145 e. The summed E-state index contributed by atoms with van der Waals surface area (Å²) in [6.07, 6.45) is 3.21. The molecule has 4 nitrogen and oxygen atoms in total. The molecular formula is C9H16N2O2. The summed E-state index contributed by atoms with van der Waals surface area (Å²) in [6.45, 7) is 2.28. The van der Waals surface area contributed by atoms with Gasteiger partial charge in [0, 0.05) is 32.1 Å². The number of hydrogen-bond donors (Lipinski definition) is 1. The number of oxime groups is 1. The zero-order valence-corrected chi connectivity index (χ0v) is 7.74. The monoisotopic (exact) mass is 184 g/mol. The molecule has 0 bridgehead atoms. The van der Waals surface area contributed by atoms with Crippen LogP contribution in [-0.2, 0) is 9.57 Å². The molecule has 0 radical (unpaired) electrons. The van der Waals surface area contributed by atoms with E-state index in [9.17, 15) is 0 Å². The van der Waals surface area contributed by atoms with Crippen LogP contribution in [0.2, 0.25) is 0 Å². The highest BCUT2D eigenvalue weighted by Crippen LogP contribution is 2.23. The van der Waals surface area contributed by atoms with Crippen LogP contribution >= 0.6 is 0 Å². The molecule has 1 fully saturated rings. The molecule has 2 rings (SSSR count). The van der Waals surface area contributed by atoms with Crippen LogP contribution in [0.3, 0.4) is 0 Å². The number of hydrogen-bond acceptors (Lipinski definition) is 4. The van der Waals surface area contributed by atoms with E-state index >= 15 is 0 Å². The van der Waals surface area contributed by atoms with Crippen LogP contribution in [0.1, 0.15) is 19.3 Å². The van der Waals surface area contributed by atoms with Gasteiger partial charge in [-0.3, -0.25) is 0 Å². The molecule has 1 unspecified atom stereocenters. The summed E-state index contributed by atoms with van der Waals surface area (Å²) in [5, 5.41) is 4.09. The number of rotatable bonds is 2. The highest BCUT2D eigenvalue weighted by atomic mass is 16.6. The predicted octanol–water partition coefficient (Wildman–Crippen LogP) is 0.517. The van der Waals surface area contributed by atoms with Crippen LogP contribution in [0.5, 0.6) is 0 Å². The molecular weight excluding hydrogens is 168 g/mol. The lowest BCUT2D eigenvalue weighted by Gasteiger charge is -2.20. The molecule has 4 heteroatoms. The van der Waals surface area contributed by atoms with Crippen molar-refractivity contribution < 1.29 is 9.57 Å². The number of ether oxygens (including phenoxy) is 1. The maximum Gasteiger partial charge on any atom is 0.145 e. The fourth-order valence-corrected chi connectivity index (χ4v) is 1.85. The molecule has 0 saturated carbocycles. The molecule has 2 N–H and O–H groups in total. The normalized spacial score (nSPS) is 29.9. The molecule has 0 amide bonds. The molecule has 2 aliphatic rings. The molecule has 74 valence electrons. The van der Waals surface area contributed by atoms with Crippen molar-refractivity contribution in [3.05, 3.63) is 0 Å². The van der Waals surface area contributed by atoms with Gasteiger partial charge in [-0.1, -0.05) is 5.16 Å². The highest BCUT2D eigenvalue weighted by molar-refractivity contribution is 5.87. The Balaban J connectivity index is 1.87. The van der Waals surface area contributed by atoms with Gasteiger partial charge in [0.15, 0.2) is 0 Å². The van der Waals surface area contributed by atoms with E-state index in [-0.39, 0.29) is 6.10 Å². The molecule has 2 heterocycles. The maximum atomic E-state index is 5.50. The minimum absolute atomic E-state index is 0.123. The van der Waals surface area contributed by atoms with Gasteiger partial charge >= 0.3 is 0 Å². The fourth-order valence-electron chi connectivity index (χ4n) is 1.85. The van der Waals surface area contributed by atoms with Crippen LogP contribution in [0.4, 0.5) is 0 Å². The van der Waals surface area contributed by atoms with Gasteiger partial charge in [0.1, 0.15) is 6.10 Å². The van der Waals surface area contributed by atoms with Crippen LogP contribution in [0.15, 0.2) is 5.16 Å². The second-order valence-electron chi connectivity index (χ2n) is 3.64. The fraction of sp³-hybridized carbons (Fsp3) is 0.889. The Morgan fingerprint density at radius 1 is 1.38 bits per heavy atom. The molecule has 13 heavy (non-hydrogen) atoms. The molecule has 0 aromatic rings. The van der Waals surface area contributed by atoms with Crippen LogP contribution < -0.4 is 5.73 Å². The van der Waals surface area contributed by atoms with Crippen molar-refractivity contribution in [1.29, 1.82) is 0 Å². The zero-order chi connectivity index (χ0) is 9.10. The van der Waals surface area contributed by atoms with Gasteiger partial charge in [0.2, 0.25) is 0 Å². The highest BCUT2D eigenvalue weighted by Gasteiger charge is 2.27. The van der Waals surface area contributed by atoms with E-state index in [0.29, 0.717) is 12.5 Å². The van der Waals surface area contributed by atoms with Gasteiger partial charge in [0.05, 0.1) is 5.71 Å². The molecule has 1 saturated heterocycles. The molecule has 1 atom stereocenters. The van der Waals surface area contributed by atoms with Gasteiger partial charge in [-0.05, 0) is 12.8 Å². The summed E-state index contributed by atoms with van der Waals surface area (Å²) in [5.74, 6) is 0.574. The van der Waals surface area contributed by atoms with E-state index < -0.39 is 0 Å².